The Balaban J connectivity index is 2.08. The summed E-state index contributed by atoms with van der Waals surface area (Å²) in [6.07, 6.45) is 4.45. The Morgan fingerprint density at radius 2 is 1.78 bits per heavy atom. The van der Waals surface area contributed by atoms with Crippen molar-refractivity contribution in [1.29, 1.82) is 0 Å². The van der Waals surface area contributed by atoms with E-state index >= 15 is 0 Å². The topological polar surface area (TPSA) is 26.3 Å². The Bertz CT molecular complexity index is 725. The number of ketones is 1. The molecule has 2 aromatic rings. The molecule has 0 saturated heterocycles. The van der Waals surface area contributed by atoms with Crippen LogP contribution >= 0.6 is 11.6 Å². The van der Waals surface area contributed by atoms with E-state index in [1.165, 1.54) is 36.4 Å². The molecule has 0 aliphatic heterocycles. The second-order valence-electron chi connectivity index (χ2n) is 4.54. The second-order valence-corrected chi connectivity index (χ2v) is 4.98. The minimum absolute atomic E-state index is 0.0647. The van der Waals surface area contributed by atoms with Crippen LogP contribution in [0.1, 0.15) is 15.9 Å². The third kappa shape index (κ3) is 5.68. The van der Waals surface area contributed by atoms with E-state index in [9.17, 15) is 13.6 Å². The van der Waals surface area contributed by atoms with Crippen LogP contribution < -0.4 is 4.74 Å². The van der Waals surface area contributed by atoms with Gasteiger partial charge in [-0.15, -0.1) is 0 Å². The molecule has 0 radical (unpaired) electrons. The molecule has 2 aromatic carbocycles. The molecule has 2 nitrogen and oxygen atoms in total. The largest absolute Gasteiger partial charge is 0.435 e. The van der Waals surface area contributed by atoms with Gasteiger partial charge in [0, 0.05) is 10.6 Å². The summed E-state index contributed by atoms with van der Waals surface area (Å²) in [4.78, 5) is 12.0. The third-order valence-electron chi connectivity index (χ3n) is 2.84. The third-order valence-corrected chi connectivity index (χ3v) is 3.08. The predicted molar refractivity (Wildman–Crippen MR) is 86.8 cm³/mol. The van der Waals surface area contributed by atoms with Gasteiger partial charge < -0.3 is 4.74 Å². The highest BCUT2D eigenvalue weighted by atomic mass is 35.5. The maximum atomic E-state index is 12.2. The minimum Gasteiger partial charge on any atom is -0.435 e. The Hall–Kier alpha value is -2.46. The molecule has 0 heterocycles. The summed E-state index contributed by atoms with van der Waals surface area (Å²) in [5.74, 6) is -0.422. The van der Waals surface area contributed by atoms with Crippen LogP contribution in [-0.4, -0.2) is 12.4 Å². The number of carbonyl (C=O) groups excluding carboxylic acids is 1. The van der Waals surface area contributed by atoms with E-state index in [1.807, 2.05) is 30.3 Å². The lowest BCUT2D eigenvalue weighted by molar-refractivity contribution is -0.0498. The smallest absolute Gasteiger partial charge is 0.387 e. The SMILES string of the molecule is O=C(/C=C/C(Cl)=C/c1ccccc1)c1cccc(OC(F)F)c1. The highest BCUT2D eigenvalue weighted by Gasteiger charge is 2.07. The van der Waals surface area contributed by atoms with Crippen molar-refractivity contribution in [2.24, 2.45) is 0 Å². The number of hydrogen-bond donors (Lipinski definition) is 0. The maximum Gasteiger partial charge on any atom is 0.387 e. The Morgan fingerprint density at radius 1 is 1.04 bits per heavy atom. The minimum atomic E-state index is -2.93. The molecule has 23 heavy (non-hydrogen) atoms. The quantitative estimate of drug-likeness (QED) is 0.406. The van der Waals surface area contributed by atoms with E-state index in [0.29, 0.717) is 5.03 Å². The molecule has 118 valence electrons. The first-order valence-corrected chi connectivity index (χ1v) is 7.12. The van der Waals surface area contributed by atoms with Crippen LogP contribution in [-0.2, 0) is 0 Å². The van der Waals surface area contributed by atoms with Gasteiger partial charge in [-0.3, -0.25) is 4.79 Å². The number of hydrogen-bond acceptors (Lipinski definition) is 2. The van der Waals surface area contributed by atoms with Crippen LogP contribution in [0.3, 0.4) is 0 Å². The molecule has 0 saturated carbocycles. The first-order chi connectivity index (χ1) is 11.0. The molecule has 0 N–H and O–H groups in total. The van der Waals surface area contributed by atoms with Crippen LogP contribution in [0, 0.1) is 0 Å². The molecule has 0 bridgehead atoms. The first kappa shape index (κ1) is 16.9. The van der Waals surface area contributed by atoms with Crippen molar-refractivity contribution in [3.8, 4) is 5.75 Å². The molecular weight excluding hydrogens is 322 g/mol. The van der Waals surface area contributed by atoms with E-state index in [1.54, 1.807) is 6.08 Å². The molecule has 2 rings (SSSR count). The number of benzene rings is 2. The van der Waals surface area contributed by atoms with E-state index in [4.69, 9.17) is 11.6 Å². The zero-order valence-corrected chi connectivity index (χ0v) is 12.7. The number of allylic oxidation sites excluding steroid dienone is 3. The van der Waals surface area contributed by atoms with Gasteiger partial charge >= 0.3 is 6.61 Å². The van der Waals surface area contributed by atoms with Gasteiger partial charge in [0.15, 0.2) is 5.78 Å². The molecule has 0 amide bonds. The molecular formula is C18H13ClF2O2. The van der Waals surface area contributed by atoms with Crippen molar-refractivity contribution >= 4 is 23.5 Å². The van der Waals surface area contributed by atoms with Crippen molar-refractivity contribution in [2.45, 2.75) is 6.61 Å². The predicted octanol–water partition coefficient (Wildman–Crippen LogP) is 5.31. The Labute approximate surface area is 137 Å². The highest BCUT2D eigenvalue weighted by Crippen LogP contribution is 2.17. The van der Waals surface area contributed by atoms with E-state index in [2.05, 4.69) is 4.74 Å². The van der Waals surface area contributed by atoms with E-state index in [0.717, 1.165) is 5.56 Å². The van der Waals surface area contributed by atoms with Crippen LogP contribution in [0.25, 0.3) is 6.08 Å². The molecule has 5 heteroatoms. The lowest BCUT2D eigenvalue weighted by Crippen LogP contribution is -2.03. The highest BCUT2D eigenvalue weighted by molar-refractivity contribution is 6.33. The molecule has 0 atom stereocenters. The van der Waals surface area contributed by atoms with Gasteiger partial charge in [-0.1, -0.05) is 54.1 Å². The normalized spacial score (nSPS) is 11.9. The molecule has 0 fully saturated rings. The number of rotatable bonds is 6. The van der Waals surface area contributed by atoms with Crippen molar-refractivity contribution in [1.82, 2.24) is 0 Å². The Kier molecular flexibility index (Phi) is 6.06. The standard InChI is InChI=1S/C18H13ClF2O2/c19-15(11-13-5-2-1-3-6-13)9-10-17(22)14-7-4-8-16(12-14)23-18(20)21/h1-12,18H/b10-9+,15-11-. The van der Waals surface area contributed by atoms with Gasteiger partial charge in [-0.2, -0.15) is 8.78 Å². The summed E-state index contributed by atoms with van der Waals surface area (Å²) in [5.41, 5.74) is 1.14. The molecule has 0 aromatic heterocycles. The summed E-state index contributed by atoms with van der Waals surface area (Å²) >= 11 is 6.05. The van der Waals surface area contributed by atoms with Crippen molar-refractivity contribution in [2.75, 3.05) is 0 Å². The van der Waals surface area contributed by atoms with Crippen LogP contribution in [0.5, 0.6) is 5.75 Å². The van der Waals surface area contributed by atoms with E-state index < -0.39 is 6.61 Å². The monoisotopic (exact) mass is 334 g/mol. The number of alkyl halides is 2. The van der Waals surface area contributed by atoms with Crippen molar-refractivity contribution in [3.05, 3.63) is 82.9 Å². The summed E-state index contributed by atoms with van der Waals surface area (Å²) in [6, 6.07) is 15.0. The lowest BCUT2D eigenvalue weighted by atomic mass is 10.1. The summed E-state index contributed by atoms with van der Waals surface area (Å²) in [7, 11) is 0. The number of halogens is 3. The van der Waals surface area contributed by atoms with Crippen molar-refractivity contribution in [3.63, 3.8) is 0 Å². The van der Waals surface area contributed by atoms with Crippen LogP contribution in [0.15, 0.2) is 71.8 Å². The zero-order chi connectivity index (χ0) is 16.7. The average Bonchev–Trinajstić information content (AvgIpc) is 2.53. The number of carbonyl (C=O) groups is 1. The van der Waals surface area contributed by atoms with E-state index in [-0.39, 0.29) is 17.1 Å². The first-order valence-electron chi connectivity index (χ1n) is 6.74. The van der Waals surface area contributed by atoms with Gasteiger partial charge in [0.25, 0.3) is 0 Å². The molecule has 0 spiro atoms. The maximum absolute atomic E-state index is 12.2. The molecule has 0 aliphatic rings. The number of ether oxygens (including phenoxy) is 1. The summed E-state index contributed by atoms with van der Waals surface area (Å²) in [5, 5.41) is 0.379. The zero-order valence-electron chi connectivity index (χ0n) is 12.0. The van der Waals surface area contributed by atoms with Crippen molar-refractivity contribution < 1.29 is 18.3 Å². The van der Waals surface area contributed by atoms with Gasteiger partial charge in [0.1, 0.15) is 5.75 Å². The molecule has 0 aliphatic carbocycles. The van der Waals surface area contributed by atoms with Gasteiger partial charge in [0.2, 0.25) is 0 Å². The molecule has 0 unspecified atom stereocenters. The fraction of sp³-hybridized carbons (Fsp3) is 0.0556. The summed E-state index contributed by atoms with van der Waals surface area (Å²) < 4.78 is 28.6. The second kappa shape index (κ2) is 8.25. The van der Waals surface area contributed by atoms with Crippen LogP contribution in [0.2, 0.25) is 0 Å². The average molecular weight is 335 g/mol. The summed E-state index contributed by atoms with van der Waals surface area (Å²) in [6.45, 7) is -2.93. The van der Waals surface area contributed by atoms with Gasteiger partial charge in [-0.05, 0) is 35.9 Å². The fourth-order valence-corrected chi connectivity index (χ4v) is 2.02. The Morgan fingerprint density at radius 3 is 2.48 bits per heavy atom. The van der Waals surface area contributed by atoms with Gasteiger partial charge in [0.05, 0.1) is 0 Å². The van der Waals surface area contributed by atoms with Gasteiger partial charge in [-0.25, -0.2) is 0 Å². The fourth-order valence-electron chi connectivity index (χ4n) is 1.83. The lowest BCUT2D eigenvalue weighted by Gasteiger charge is -2.04. The van der Waals surface area contributed by atoms with Crippen LogP contribution in [0.4, 0.5) is 8.78 Å².